The number of aryl methyl sites for hydroxylation is 2. The zero-order valence-electron chi connectivity index (χ0n) is 14.3. The van der Waals surface area contributed by atoms with Crippen LogP contribution in [0.1, 0.15) is 17.0 Å². The quantitative estimate of drug-likeness (QED) is 0.800. The van der Waals surface area contributed by atoms with Crippen molar-refractivity contribution in [3.8, 4) is 11.1 Å². The average molecular weight is 328 g/mol. The third-order valence-corrected chi connectivity index (χ3v) is 4.32. The molecule has 3 rings (SSSR count). The second-order valence-electron chi connectivity index (χ2n) is 5.99. The van der Waals surface area contributed by atoms with Gasteiger partial charge in [0, 0.05) is 30.4 Å². The number of aliphatic hydroxyl groups is 1. The minimum Gasteiger partial charge on any atom is -0.395 e. The molecule has 1 aromatic carbocycles. The van der Waals surface area contributed by atoms with Crippen molar-refractivity contribution in [3.05, 3.63) is 47.0 Å². The number of anilines is 1. The fourth-order valence-corrected chi connectivity index (χ4v) is 2.99. The number of hydrogen-bond acceptors (Lipinski definition) is 4. The molecular formula is C18H21FN4O. The predicted octanol–water partition coefficient (Wildman–Crippen LogP) is 2.89. The topological polar surface area (TPSA) is 53.7 Å². The van der Waals surface area contributed by atoms with Crippen LogP contribution in [0.25, 0.3) is 16.8 Å². The summed E-state index contributed by atoms with van der Waals surface area (Å²) in [7, 11) is 1.92. The number of likely N-dealkylation sites (N-methyl/N-ethyl adjacent to an activating group) is 1. The molecule has 2 heterocycles. The zero-order chi connectivity index (χ0) is 17.4. The number of halogens is 1. The highest BCUT2D eigenvalue weighted by Crippen LogP contribution is 2.31. The summed E-state index contributed by atoms with van der Waals surface area (Å²) in [6, 6.07) is 6.37. The van der Waals surface area contributed by atoms with E-state index < -0.39 is 0 Å². The summed E-state index contributed by atoms with van der Waals surface area (Å²) >= 11 is 0. The molecule has 5 nitrogen and oxygen atoms in total. The van der Waals surface area contributed by atoms with Crippen LogP contribution in [-0.4, -0.2) is 39.9 Å². The van der Waals surface area contributed by atoms with Crippen molar-refractivity contribution in [1.29, 1.82) is 0 Å². The van der Waals surface area contributed by atoms with Crippen molar-refractivity contribution in [2.45, 2.75) is 20.8 Å². The molecule has 0 unspecified atom stereocenters. The smallest absolute Gasteiger partial charge is 0.165 e. The molecule has 3 aromatic rings. The first kappa shape index (κ1) is 16.4. The summed E-state index contributed by atoms with van der Waals surface area (Å²) in [5, 5.41) is 13.9. The lowest BCUT2D eigenvalue weighted by Crippen LogP contribution is -2.25. The third-order valence-electron chi connectivity index (χ3n) is 4.32. The second kappa shape index (κ2) is 6.20. The molecule has 0 amide bonds. The van der Waals surface area contributed by atoms with E-state index in [2.05, 4.69) is 5.10 Å². The Kier molecular flexibility index (Phi) is 4.24. The maximum absolute atomic E-state index is 13.2. The molecule has 0 fully saturated rings. The molecule has 24 heavy (non-hydrogen) atoms. The van der Waals surface area contributed by atoms with Crippen molar-refractivity contribution in [2.75, 3.05) is 25.1 Å². The molecule has 0 spiro atoms. The van der Waals surface area contributed by atoms with Gasteiger partial charge >= 0.3 is 0 Å². The number of aliphatic hydroxyl groups excluding tert-OH is 1. The van der Waals surface area contributed by atoms with Crippen molar-refractivity contribution < 1.29 is 9.50 Å². The minimum absolute atomic E-state index is 0.0594. The maximum atomic E-state index is 13.2. The van der Waals surface area contributed by atoms with E-state index in [1.807, 2.05) is 37.2 Å². The van der Waals surface area contributed by atoms with Crippen LogP contribution in [0.4, 0.5) is 10.2 Å². The normalized spacial score (nSPS) is 11.2. The van der Waals surface area contributed by atoms with Crippen LogP contribution in [0, 0.1) is 26.6 Å². The Balaban J connectivity index is 2.30. The summed E-state index contributed by atoms with van der Waals surface area (Å²) in [6.45, 7) is 6.45. The van der Waals surface area contributed by atoms with Crippen LogP contribution in [0.15, 0.2) is 24.3 Å². The second-order valence-corrected chi connectivity index (χ2v) is 5.99. The van der Waals surface area contributed by atoms with Gasteiger partial charge in [-0.1, -0.05) is 12.1 Å². The van der Waals surface area contributed by atoms with Crippen LogP contribution >= 0.6 is 0 Å². The summed E-state index contributed by atoms with van der Waals surface area (Å²) in [4.78, 5) is 6.69. The number of fused-ring (bicyclic) bond motifs is 1. The monoisotopic (exact) mass is 328 g/mol. The summed E-state index contributed by atoms with van der Waals surface area (Å²) in [5.74, 6) is 0.638. The Morgan fingerprint density at radius 1 is 1.12 bits per heavy atom. The van der Waals surface area contributed by atoms with Gasteiger partial charge in [-0.2, -0.15) is 9.61 Å². The molecular weight excluding hydrogens is 307 g/mol. The molecule has 0 aliphatic carbocycles. The molecule has 2 aromatic heterocycles. The van der Waals surface area contributed by atoms with Crippen LogP contribution < -0.4 is 4.90 Å². The highest BCUT2D eigenvalue weighted by molar-refractivity contribution is 5.81. The van der Waals surface area contributed by atoms with Crippen LogP contribution in [0.2, 0.25) is 0 Å². The zero-order valence-corrected chi connectivity index (χ0v) is 14.3. The molecule has 126 valence electrons. The summed E-state index contributed by atoms with van der Waals surface area (Å²) in [6.07, 6.45) is 0. The molecule has 0 saturated heterocycles. The van der Waals surface area contributed by atoms with Gasteiger partial charge in [-0.15, -0.1) is 0 Å². The summed E-state index contributed by atoms with van der Waals surface area (Å²) < 4.78 is 15.1. The maximum Gasteiger partial charge on any atom is 0.165 e. The number of rotatable bonds is 4. The lowest BCUT2D eigenvalue weighted by molar-refractivity contribution is 0.303. The standard InChI is InChI=1S/C18H21FN4O/c1-11-12(2)20-17-16(14-5-7-15(19)8-6-14)13(3)21-23(17)18(11)22(4)9-10-24/h5-8,24H,9-10H2,1-4H3. The van der Waals surface area contributed by atoms with E-state index >= 15 is 0 Å². The van der Waals surface area contributed by atoms with Crippen molar-refractivity contribution >= 4 is 11.5 Å². The van der Waals surface area contributed by atoms with Gasteiger partial charge in [-0.05, 0) is 38.5 Å². The number of hydrogen-bond donors (Lipinski definition) is 1. The van der Waals surface area contributed by atoms with Crippen molar-refractivity contribution in [1.82, 2.24) is 14.6 Å². The van der Waals surface area contributed by atoms with Crippen LogP contribution in [-0.2, 0) is 0 Å². The van der Waals surface area contributed by atoms with Gasteiger partial charge in [0.1, 0.15) is 11.6 Å². The van der Waals surface area contributed by atoms with Crippen LogP contribution in [0.3, 0.4) is 0 Å². The molecule has 1 N–H and O–H groups in total. The average Bonchev–Trinajstić information content (AvgIpc) is 2.85. The fraction of sp³-hybridized carbons (Fsp3) is 0.333. The Labute approximate surface area is 140 Å². The van der Waals surface area contributed by atoms with E-state index in [-0.39, 0.29) is 12.4 Å². The van der Waals surface area contributed by atoms with E-state index in [1.165, 1.54) is 12.1 Å². The first-order chi connectivity index (χ1) is 11.4. The Morgan fingerprint density at radius 2 is 1.79 bits per heavy atom. The molecule has 0 aliphatic heterocycles. The first-order valence-electron chi connectivity index (χ1n) is 7.88. The highest BCUT2D eigenvalue weighted by atomic mass is 19.1. The Bertz CT molecular complexity index is 886. The minimum atomic E-state index is -0.267. The van der Waals surface area contributed by atoms with Crippen molar-refractivity contribution in [2.24, 2.45) is 0 Å². The van der Waals surface area contributed by atoms with Gasteiger partial charge in [0.15, 0.2) is 5.65 Å². The molecule has 0 radical (unpaired) electrons. The van der Waals surface area contributed by atoms with E-state index in [1.54, 1.807) is 12.1 Å². The summed E-state index contributed by atoms with van der Waals surface area (Å²) in [5.41, 5.74) is 5.28. The van der Waals surface area contributed by atoms with Gasteiger partial charge in [0.2, 0.25) is 0 Å². The lowest BCUT2D eigenvalue weighted by atomic mass is 10.1. The largest absolute Gasteiger partial charge is 0.395 e. The lowest BCUT2D eigenvalue weighted by Gasteiger charge is -2.22. The van der Waals surface area contributed by atoms with Gasteiger partial charge < -0.3 is 10.0 Å². The van der Waals surface area contributed by atoms with E-state index in [0.717, 1.165) is 39.5 Å². The van der Waals surface area contributed by atoms with E-state index in [0.29, 0.717) is 6.54 Å². The number of nitrogens with zero attached hydrogens (tertiary/aromatic N) is 4. The number of benzene rings is 1. The number of aromatic nitrogens is 3. The van der Waals surface area contributed by atoms with E-state index in [4.69, 9.17) is 4.98 Å². The van der Waals surface area contributed by atoms with E-state index in [9.17, 15) is 9.50 Å². The highest BCUT2D eigenvalue weighted by Gasteiger charge is 2.20. The van der Waals surface area contributed by atoms with Gasteiger partial charge in [-0.3, -0.25) is 0 Å². The fourth-order valence-electron chi connectivity index (χ4n) is 2.99. The first-order valence-corrected chi connectivity index (χ1v) is 7.88. The van der Waals surface area contributed by atoms with Crippen LogP contribution in [0.5, 0.6) is 0 Å². The molecule has 0 saturated carbocycles. The molecule has 0 bridgehead atoms. The molecule has 6 heteroatoms. The van der Waals surface area contributed by atoms with Gasteiger partial charge in [0.05, 0.1) is 12.3 Å². The molecule has 0 atom stereocenters. The van der Waals surface area contributed by atoms with Gasteiger partial charge in [0.25, 0.3) is 0 Å². The molecule has 0 aliphatic rings. The van der Waals surface area contributed by atoms with Gasteiger partial charge in [-0.25, -0.2) is 9.37 Å². The predicted molar refractivity (Wildman–Crippen MR) is 92.9 cm³/mol. The SMILES string of the molecule is Cc1nc2c(-c3ccc(F)cc3)c(C)nn2c(N(C)CCO)c1C. The Hall–Kier alpha value is -2.47. The third kappa shape index (κ3) is 2.63. The Morgan fingerprint density at radius 3 is 2.42 bits per heavy atom. The van der Waals surface area contributed by atoms with Crippen molar-refractivity contribution in [3.63, 3.8) is 0 Å².